The summed E-state index contributed by atoms with van der Waals surface area (Å²) in [7, 11) is 0. The third-order valence-corrected chi connectivity index (χ3v) is 3.14. The number of aromatic carboxylic acids is 1. The minimum absolute atomic E-state index is 0.0252. The molecule has 0 saturated heterocycles. The fourth-order valence-electron chi connectivity index (χ4n) is 2.11. The Morgan fingerprint density at radius 2 is 1.55 bits per heavy atom. The second-order valence-electron chi connectivity index (χ2n) is 4.86. The van der Waals surface area contributed by atoms with Gasteiger partial charge in [-0.05, 0) is 17.7 Å². The fourth-order valence-corrected chi connectivity index (χ4v) is 2.11. The highest BCUT2D eigenvalue weighted by Crippen LogP contribution is 2.32. The lowest BCUT2D eigenvalue weighted by molar-refractivity contribution is -0.117. The molecule has 0 bridgehead atoms. The normalized spacial score (nSPS) is 10.4. The van der Waals surface area contributed by atoms with Crippen LogP contribution in [-0.4, -0.2) is 32.2 Å². The molecule has 0 unspecified atom stereocenters. The third kappa shape index (κ3) is 3.54. The zero-order chi connectivity index (χ0) is 16.3. The van der Waals surface area contributed by atoms with E-state index in [1.807, 2.05) is 0 Å². The van der Waals surface area contributed by atoms with Gasteiger partial charge in [-0.15, -0.1) is 0 Å². The molecule has 0 heterocycles. The van der Waals surface area contributed by atoms with Crippen LogP contribution >= 0.6 is 0 Å². The van der Waals surface area contributed by atoms with Crippen LogP contribution in [0.2, 0.25) is 0 Å². The van der Waals surface area contributed by atoms with Crippen LogP contribution in [0, 0.1) is 0 Å². The predicted molar refractivity (Wildman–Crippen MR) is 77.3 cm³/mol. The minimum atomic E-state index is -1.08. The summed E-state index contributed by atoms with van der Waals surface area (Å²) in [6.07, 6.45) is -0.254. The first-order chi connectivity index (χ1) is 10.4. The van der Waals surface area contributed by atoms with E-state index in [0.717, 1.165) is 12.1 Å². The number of carbonyl (C=O) groups excluding carboxylic acids is 1. The van der Waals surface area contributed by atoms with Gasteiger partial charge in [-0.2, -0.15) is 0 Å². The van der Waals surface area contributed by atoms with Crippen molar-refractivity contribution >= 4 is 11.8 Å². The number of hydrogen-bond acceptors (Lipinski definition) is 5. The Labute approximate surface area is 125 Å². The number of Topliss-reactive ketones (excluding diaryl/α,β-unsaturated/α-hetero) is 1. The van der Waals surface area contributed by atoms with E-state index in [2.05, 4.69) is 0 Å². The van der Waals surface area contributed by atoms with Gasteiger partial charge in [0.2, 0.25) is 0 Å². The number of carbonyl (C=O) groups is 2. The van der Waals surface area contributed by atoms with Gasteiger partial charge >= 0.3 is 5.97 Å². The van der Waals surface area contributed by atoms with Crippen LogP contribution < -0.4 is 0 Å². The summed E-state index contributed by atoms with van der Waals surface area (Å²) in [5.41, 5.74) is 0.639. The average Bonchev–Trinajstić information content (AvgIpc) is 2.43. The lowest BCUT2D eigenvalue weighted by Crippen LogP contribution is -2.08. The van der Waals surface area contributed by atoms with E-state index in [4.69, 9.17) is 5.11 Å². The predicted octanol–water partition coefficient (Wildman–Crippen LogP) is 1.86. The molecule has 4 N–H and O–H groups in total. The molecular formula is C16H14O6. The van der Waals surface area contributed by atoms with E-state index < -0.39 is 5.97 Å². The molecule has 0 saturated carbocycles. The topological polar surface area (TPSA) is 115 Å². The molecule has 2 aromatic rings. The molecule has 0 aliphatic carbocycles. The molecule has 22 heavy (non-hydrogen) atoms. The number of phenolic OH excluding ortho intramolecular Hbond substituents is 3. The zero-order valence-electron chi connectivity index (χ0n) is 11.5. The van der Waals surface area contributed by atoms with Gasteiger partial charge in [0.05, 0.1) is 5.56 Å². The van der Waals surface area contributed by atoms with Crippen LogP contribution in [-0.2, 0) is 17.6 Å². The number of hydrogen-bond donors (Lipinski definition) is 4. The van der Waals surface area contributed by atoms with Crippen LogP contribution in [0.5, 0.6) is 17.2 Å². The highest BCUT2D eigenvalue weighted by atomic mass is 16.4. The number of benzene rings is 2. The van der Waals surface area contributed by atoms with Crippen molar-refractivity contribution in [3.63, 3.8) is 0 Å². The number of phenols is 3. The van der Waals surface area contributed by atoms with Gasteiger partial charge in [0.15, 0.2) is 0 Å². The van der Waals surface area contributed by atoms with E-state index in [1.165, 1.54) is 12.1 Å². The maximum absolute atomic E-state index is 12.0. The van der Waals surface area contributed by atoms with Crippen molar-refractivity contribution in [3.8, 4) is 17.2 Å². The summed E-state index contributed by atoms with van der Waals surface area (Å²) < 4.78 is 0. The summed E-state index contributed by atoms with van der Waals surface area (Å²) >= 11 is 0. The molecule has 0 aliphatic rings. The highest BCUT2D eigenvalue weighted by molar-refractivity contribution is 5.89. The first kappa shape index (κ1) is 15.4. The van der Waals surface area contributed by atoms with Gasteiger partial charge in [-0.3, -0.25) is 4.79 Å². The third-order valence-electron chi connectivity index (χ3n) is 3.14. The molecule has 2 aromatic carbocycles. The van der Waals surface area contributed by atoms with Gasteiger partial charge in [-0.1, -0.05) is 12.1 Å². The molecule has 6 heteroatoms. The monoisotopic (exact) mass is 302 g/mol. The second kappa shape index (κ2) is 6.17. The maximum atomic E-state index is 12.0. The van der Waals surface area contributed by atoms with Crippen LogP contribution in [0.3, 0.4) is 0 Å². The Hall–Kier alpha value is -3.02. The molecular weight excluding hydrogens is 288 g/mol. The van der Waals surface area contributed by atoms with E-state index in [9.17, 15) is 24.9 Å². The molecule has 0 aliphatic heterocycles. The van der Waals surface area contributed by atoms with E-state index in [1.54, 1.807) is 12.1 Å². The Balaban J connectivity index is 2.14. The number of carboxylic acid groups (broad SMARTS) is 1. The molecule has 0 aromatic heterocycles. The van der Waals surface area contributed by atoms with Crippen molar-refractivity contribution in [1.29, 1.82) is 0 Å². The Kier molecular flexibility index (Phi) is 4.31. The van der Waals surface area contributed by atoms with Crippen molar-refractivity contribution in [1.82, 2.24) is 0 Å². The Morgan fingerprint density at radius 3 is 2.14 bits per heavy atom. The number of aromatic hydroxyl groups is 3. The van der Waals surface area contributed by atoms with Crippen LogP contribution in [0.4, 0.5) is 0 Å². The smallest absolute Gasteiger partial charge is 0.335 e. The number of ketones is 1. The SMILES string of the molecule is O=C(Cc1cccc(C(=O)O)c1)Cc1c(O)cc(O)cc1O. The summed E-state index contributed by atoms with van der Waals surface area (Å²) in [5, 5.41) is 37.4. The van der Waals surface area contributed by atoms with Gasteiger partial charge in [0.1, 0.15) is 23.0 Å². The van der Waals surface area contributed by atoms with Crippen LogP contribution in [0.25, 0.3) is 0 Å². The molecule has 0 fully saturated rings. The van der Waals surface area contributed by atoms with Gasteiger partial charge in [0.25, 0.3) is 0 Å². The molecule has 114 valence electrons. The summed E-state index contributed by atoms with van der Waals surface area (Å²) in [4.78, 5) is 22.9. The van der Waals surface area contributed by atoms with Crippen molar-refractivity contribution in [3.05, 3.63) is 53.1 Å². The average molecular weight is 302 g/mol. The van der Waals surface area contributed by atoms with Gasteiger partial charge in [-0.25, -0.2) is 4.79 Å². The number of rotatable bonds is 5. The van der Waals surface area contributed by atoms with E-state index in [-0.39, 0.29) is 47.0 Å². The lowest BCUT2D eigenvalue weighted by Gasteiger charge is -2.08. The highest BCUT2D eigenvalue weighted by Gasteiger charge is 2.15. The summed E-state index contributed by atoms with van der Waals surface area (Å²) in [6.45, 7) is 0. The Bertz CT molecular complexity index is 712. The van der Waals surface area contributed by atoms with Gasteiger partial charge < -0.3 is 20.4 Å². The maximum Gasteiger partial charge on any atom is 0.335 e. The van der Waals surface area contributed by atoms with Gasteiger partial charge in [0, 0.05) is 30.5 Å². The van der Waals surface area contributed by atoms with Crippen LogP contribution in [0.15, 0.2) is 36.4 Å². The molecule has 0 radical (unpaired) electrons. The molecule has 6 nitrogen and oxygen atoms in total. The summed E-state index contributed by atoms with van der Waals surface area (Å²) in [5.74, 6) is -2.43. The van der Waals surface area contributed by atoms with Crippen molar-refractivity contribution in [2.45, 2.75) is 12.8 Å². The fraction of sp³-hybridized carbons (Fsp3) is 0.125. The molecule has 0 amide bonds. The first-order valence-corrected chi connectivity index (χ1v) is 6.44. The van der Waals surface area contributed by atoms with E-state index >= 15 is 0 Å². The number of carboxylic acids is 1. The van der Waals surface area contributed by atoms with E-state index in [0.29, 0.717) is 5.56 Å². The standard InChI is InChI=1S/C16H14O6/c17-11(5-9-2-1-3-10(4-9)16(21)22)6-13-14(19)7-12(18)8-15(13)20/h1-4,7-8,18-20H,5-6H2,(H,21,22). The lowest BCUT2D eigenvalue weighted by atomic mass is 10.00. The molecule has 0 spiro atoms. The molecule has 2 rings (SSSR count). The molecule has 0 atom stereocenters. The largest absolute Gasteiger partial charge is 0.508 e. The first-order valence-electron chi connectivity index (χ1n) is 6.44. The zero-order valence-corrected chi connectivity index (χ0v) is 11.5. The quantitative estimate of drug-likeness (QED) is 0.670. The van der Waals surface area contributed by atoms with Crippen molar-refractivity contribution in [2.24, 2.45) is 0 Å². The second-order valence-corrected chi connectivity index (χ2v) is 4.86. The summed E-state index contributed by atoms with van der Waals surface area (Å²) in [6, 6.07) is 8.06. The minimum Gasteiger partial charge on any atom is -0.508 e. The van der Waals surface area contributed by atoms with Crippen molar-refractivity contribution in [2.75, 3.05) is 0 Å². The Morgan fingerprint density at radius 1 is 0.909 bits per heavy atom. The van der Waals surface area contributed by atoms with Crippen molar-refractivity contribution < 1.29 is 30.0 Å². The van der Waals surface area contributed by atoms with Crippen LogP contribution in [0.1, 0.15) is 21.5 Å².